The van der Waals surface area contributed by atoms with Crippen LogP contribution in [-0.4, -0.2) is 43.0 Å². The number of carbonyl (C=O) groups is 1. The Morgan fingerprint density at radius 2 is 1.83 bits per heavy atom. The van der Waals surface area contributed by atoms with Crippen molar-refractivity contribution in [3.63, 3.8) is 0 Å². The summed E-state index contributed by atoms with van der Waals surface area (Å²) in [6.45, 7) is 4.12. The maximum absolute atomic E-state index is 12.0. The zero-order valence-corrected chi connectivity index (χ0v) is 15.4. The van der Waals surface area contributed by atoms with Crippen LogP contribution in [0.25, 0.3) is 0 Å². The predicted molar refractivity (Wildman–Crippen MR) is 102 cm³/mol. The fourth-order valence-corrected chi connectivity index (χ4v) is 2.50. The van der Waals surface area contributed by atoms with Crippen molar-refractivity contribution < 1.29 is 4.79 Å². The molecule has 1 aromatic rings. The Kier molecular flexibility index (Phi) is 10.2. The lowest BCUT2D eigenvalue weighted by Gasteiger charge is -2.30. The van der Waals surface area contributed by atoms with Crippen LogP contribution in [0.5, 0.6) is 0 Å². The summed E-state index contributed by atoms with van der Waals surface area (Å²) in [4.78, 5) is 14.3. The first-order valence-electron chi connectivity index (χ1n) is 7.70. The maximum atomic E-state index is 12.0. The molecule has 1 aliphatic heterocycles. The van der Waals surface area contributed by atoms with Crippen LogP contribution in [0.1, 0.15) is 26.2 Å². The summed E-state index contributed by atoms with van der Waals surface area (Å²) in [5.74, 6) is -0.130. The van der Waals surface area contributed by atoms with E-state index in [4.69, 9.17) is 5.73 Å². The molecule has 0 saturated carbocycles. The lowest BCUT2D eigenvalue weighted by atomic mass is 10.0. The average Bonchev–Trinajstić information content (AvgIpc) is 2.50. The Hall–Kier alpha value is -1.01. The zero-order chi connectivity index (χ0) is 15.2. The molecule has 1 amide bonds. The second-order valence-corrected chi connectivity index (χ2v) is 5.77. The lowest BCUT2D eigenvalue weighted by Crippen LogP contribution is -2.37. The van der Waals surface area contributed by atoms with Crippen LogP contribution < -0.4 is 16.4 Å². The van der Waals surface area contributed by atoms with Gasteiger partial charge in [-0.05, 0) is 51.5 Å². The molecule has 4 N–H and O–H groups in total. The van der Waals surface area contributed by atoms with E-state index in [1.807, 2.05) is 31.2 Å². The number of para-hydroxylation sites is 2. The van der Waals surface area contributed by atoms with Gasteiger partial charge in [-0.3, -0.25) is 4.79 Å². The van der Waals surface area contributed by atoms with Crippen molar-refractivity contribution in [1.82, 2.24) is 4.90 Å². The molecule has 1 heterocycles. The van der Waals surface area contributed by atoms with Gasteiger partial charge in [0, 0.05) is 6.04 Å². The van der Waals surface area contributed by atoms with Crippen molar-refractivity contribution in [1.29, 1.82) is 0 Å². The summed E-state index contributed by atoms with van der Waals surface area (Å²) < 4.78 is 0. The van der Waals surface area contributed by atoms with Gasteiger partial charge in [-0.15, -0.1) is 24.8 Å². The number of nitrogens with zero attached hydrogens (tertiary/aromatic N) is 1. The Bertz CT molecular complexity index is 479. The number of amides is 1. The monoisotopic (exact) mass is 362 g/mol. The minimum atomic E-state index is -0.457. The number of benzene rings is 1. The van der Waals surface area contributed by atoms with Crippen molar-refractivity contribution in [2.24, 2.45) is 5.73 Å². The minimum Gasteiger partial charge on any atom is -0.381 e. The van der Waals surface area contributed by atoms with E-state index in [-0.39, 0.29) is 30.7 Å². The normalized spacial score (nSPS) is 16.7. The second kappa shape index (κ2) is 10.7. The summed E-state index contributed by atoms with van der Waals surface area (Å²) in [6, 6.07) is 7.82. The molecule has 23 heavy (non-hydrogen) atoms. The van der Waals surface area contributed by atoms with E-state index >= 15 is 0 Å². The molecule has 1 atom stereocenters. The highest BCUT2D eigenvalue weighted by atomic mass is 35.5. The Morgan fingerprint density at radius 1 is 1.26 bits per heavy atom. The van der Waals surface area contributed by atoms with Crippen LogP contribution in [0.15, 0.2) is 24.3 Å². The Labute approximate surface area is 151 Å². The number of piperidine rings is 1. The van der Waals surface area contributed by atoms with E-state index in [1.165, 1.54) is 0 Å². The van der Waals surface area contributed by atoms with Crippen LogP contribution in [0, 0.1) is 0 Å². The first-order valence-corrected chi connectivity index (χ1v) is 7.70. The van der Waals surface area contributed by atoms with Gasteiger partial charge in [0.2, 0.25) is 5.91 Å². The SMILES string of the molecule is CC[C@H](N)C(=O)Nc1ccccc1NC1CCN(C)CC1.Cl.Cl. The summed E-state index contributed by atoms with van der Waals surface area (Å²) in [6.07, 6.45) is 2.87. The third-order valence-electron chi connectivity index (χ3n) is 4.04. The summed E-state index contributed by atoms with van der Waals surface area (Å²) in [5.41, 5.74) is 7.56. The van der Waals surface area contributed by atoms with Crippen molar-refractivity contribution in [2.45, 2.75) is 38.3 Å². The number of hydrogen-bond donors (Lipinski definition) is 3. The van der Waals surface area contributed by atoms with Gasteiger partial charge in [0.25, 0.3) is 0 Å². The second-order valence-electron chi connectivity index (χ2n) is 5.77. The first kappa shape index (κ1) is 22.0. The minimum absolute atomic E-state index is 0. The van der Waals surface area contributed by atoms with Gasteiger partial charge >= 0.3 is 0 Å². The van der Waals surface area contributed by atoms with Crippen LogP contribution >= 0.6 is 24.8 Å². The molecule has 132 valence electrons. The Balaban J connectivity index is 0.00000242. The van der Waals surface area contributed by atoms with Crippen molar-refractivity contribution in [3.05, 3.63) is 24.3 Å². The highest BCUT2D eigenvalue weighted by molar-refractivity contribution is 5.97. The van der Waals surface area contributed by atoms with E-state index in [1.54, 1.807) is 0 Å². The molecule has 1 aliphatic rings. The van der Waals surface area contributed by atoms with Gasteiger partial charge in [-0.25, -0.2) is 0 Å². The topological polar surface area (TPSA) is 70.4 Å². The molecule has 5 nitrogen and oxygen atoms in total. The number of nitrogens with two attached hydrogens (primary N) is 1. The van der Waals surface area contributed by atoms with E-state index in [2.05, 4.69) is 22.6 Å². The molecule has 0 aliphatic carbocycles. The standard InChI is InChI=1S/C16H26N4O.2ClH/c1-3-13(17)16(21)19-15-7-5-4-6-14(15)18-12-8-10-20(2)11-9-12;;/h4-7,12-13,18H,3,8-11,17H2,1-2H3,(H,19,21);2*1H/t13-;;/m0../s1. The van der Waals surface area contributed by atoms with E-state index in [0.717, 1.165) is 37.3 Å². The van der Waals surface area contributed by atoms with Gasteiger partial charge in [-0.2, -0.15) is 0 Å². The van der Waals surface area contributed by atoms with Crippen molar-refractivity contribution in [3.8, 4) is 0 Å². The van der Waals surface area contributed by atoms with Gasteiger partial charge in [0.05, 0.1) is 17.4 Å². The average molecular weight is 363 g/mol. The number of likely N-dealkylation sites (tertiary alicyclic amines) is 1. The fraction of sp³-hybridized carbons (Fsp3) is 0.562. The fourth-order valence-electron chi connectivity index (χ4n) is 2.50. The van der Waals surface area contributed by atoms with Gasteiger partial charge < -0.3 is 21.3 Å². The van der Waals surface area contributed by atoms with Crippen LogP contribution in [0.4, 0.5) is 11.4 Å². The van der Waals surface area contributed by atoms with Gasteiger partial charge in [0.15, 0.2) is 0 Å². The Morgan fingerprint density at radius 3 is 2.39 bits per heavy atom. The molecule has 1 saturated heterocycles. The van der Waals surface area contributed by atoms with Crippen LogP contribution in [0.2, 0.25) is 0 Å². The highest BCUT2D eigenvalue weighted by Crippen LogP contribution is 2.24. The number of nitrogens with one attached hydrogen (secondary N) is 2. The number of rotatable bonds is 5. The smallest absolute Gasteiger partial charge is 0.241 e. The lowest BCUT2D eigenvalue weighted by molar-refractivity contribution is -0.117. The maximum Gasteiger partial charge on any atom is 0.241 e. The molecule has 0 unspecified atom stereocenters. The van der Waals surface area contributed by atoms with Crippen LogP contribution in [0.3, 0.4) is 0 Å². The molecular formula is C16H28Cl2N4O. The molecule has 7 heteroatoms. The van der Waals surface area contributed by atoms with E-state index < -0.39 is 6.04 Å². The number of hydrogen-bond acceptors (Lipinski definition) is 4. The predicted octanol–water partition coefficient (Wildman–Crippen LogP) is 2.71. The van der Waals surface area contributed by atoms with Gasteiger partial charge in [-0.1, -0.05) is 19.1 Å². The molecule has 0 aromatic heterocycles. The largest absolute Gasteiger partial charge is 0.381 e. The summed E-state index contributed by atoms with van der Waals surface area (Å²) >= 11 is 0. The summed E-state index contributed by atoms with van der Waals surface area (Å²) in [5, 5.41) is 6.47. The third kappa shape index (κ3) is 6.55. The first-order chi connectivity index (χ1) is 10.1. The van der Waals surface area contributed by atoms with Gasteiger partial charge in [0.1, 0.15) is 0 Å². The van der Waals surface area contributed by atoms with Crippen molar-refractivity contribution >= 4 is 42.1 Å². The number of halogens is 2. The molecule has 1 aromatic carbocycles. The molecule has 0 spiro atoms. The highest BCUT2D eigenvalue weighted by Gasteiger charge is 2.18. The van der Waals surface area contributed by atoms with E-state index in [0.29, 0.717) is 12.5 Å². The number of carbonyl (C=O) groups excluding carboxylic acids is 1. The molecule has 0 radical (unpaired) electrons. The quantitative estimate of drug-likeness (QED) is 0.752. The van der Waals surface area contributed by atoms with E-state index in [9.17, 15) is 4.79 Å². The molecule has 1 fully saturated rings. The zero-order valence-electron chi connectivity index (χ0n) is 13.7. The molecule has 2 rings (SSSR count). The molecule has 0 bridgehead atoms. The third-order valence-corrected chi connectivity index (χ3v) is 4.04. The number of anilines is 2. The van der Waals surface area contributed by atoms with Crippen molar-refractivity contribution in [2.75, 3.05) is 30.8 Å². The van der Waals surface area contributed by atoms with Crippen LogP contribution in [-0.2, 0) is 4.79 Å². The summed E-state index contributed by atoms with van der Waals surface area (Å²) in [7, 11) is 2.15. The molecular weight excluding hydrogens is 335 g/mol.